The van der Waals surface area contributed by atoms with Gasteiger partial charge in [0.2, 0.25) is 11.0 Å². The van der Waals surface area contributed by atoms with Crippen LogP contribution in [0.3, 0.4) is 0 Å². The van der Waals surface area contributed by atoms with E-state index in [1.54, 1.807) is 18.8 Å². The molecule has 6 heteroatoms. The largest absolute Gasteiger partial charge is 0.481 e. The molecule has 5 nitrogen and oxygen atoms in total. The minimum Gasteiger partial charge on any atom is -0.481 e. The van der Waals surface area contributed by atoms with Crippen LogP contribution in [0.4, 0.5) is 5.13 Å². The van der Waals surface area contributed by atoms with Gasteiger partial charge in [-0.2, -0.15) is 0 Å². The van der Waals surface area contributed by atoms with Gasteiger partial charge in [0, 0.05) is 18.3 Å². The number of hydrogen-bond donors (Lipinski definition) is 1. The summed E-state index contributed by atoms with van der Waals surface area (Å²) in [5.41, 5.74) is 2.68. The number of anilines is 1. The van der Waals surface area contributed by atoms with Crippen LogP contribution in [0.15, 0.2) is 23.8 Å². The van der Waals surface area contributed by atoms with E-state index in [-0.39, 0.29) is 0 Å². The molecule has 0 spiro atoms. The van der Waals surface area contributed by atoms with Crippen LogP contribution in [-0.4, -0.2) is 22.3 Å². The highest BCUT2D eigenvalue weighted by molar-refractivity contribution is 7.13. The Kier molecular flexibility index (Phi) is 3.08. The fourth-order valence-corrected chi connectivity index (χ4v) is 1.61. The lowest BCUT2D eigenvalue weighted by atomic mass is 10.3. The van der Waals surface area contributed by atoms with Crippen molar-refractivity contribution in [1.82, 2.24) is 15.2 Å². The van der Waals surface area contributed by atoms with Crippen molar-refractivity contribution < 1.29 is 4.74 Å². The second-order valence-corrected chi connectivity index (χ2v) is 3.60. The quantitative estimate of drug-likeness (QED) is 0.850. The zero-order valence-electron chi connectivity index (χ0n) is 8.17. The number of ether oxygens (including phenoxy) is 1. The molecule has 2 heterocycles. The highest BCUT2D eigenvalue weighted by Gasteiger charge is 2.03. The van der Waals surface area contributed by atoms with Gasteiger partial charge in [0.15, 0.2) is 0 Å². The van der Waals surface area contributed by atoms with Gasteiger partial charge in [-0.3, -0.25) is 0 Å². The predicted molar refractivity (Wildman–Crippen MR) is 58.0 cm³/mol. The number of nitrogens with zero attached hydrogens (tertiary/aromatic N) is 3. The lowest BCUT2D eigenvalue weighted by molar-refractivity contribution is 0.393. The third-order valence-electron chi connectivity index (χ3n) is 1.83. The summed E-state index contributed by atoms with van der Waals surface area (Å²) in [6.07, 6.45) is 1.70. The summed E-state index contributed by atoms with van der Waals surface area (Å²) in [5.74, 6) is 0.634. The van der Waals surface area contributed by atoms with E-state index in [0.717, 1.165) is 10.7 Å². The summed E-state index contributed by atoms with van der Waals surface area (Å²) >= 11 is 1.46. The molecule has 0 aliphatic carbocycles. The first-order valence-corrected chi connectivity index (χ1v) is 5.26. The van der Waals surface area contributed by atoms with Crippen molar-refractivity contribution in [2.45, 2.75) is 6.54 Å². The first-order valence-electron chi connectivity index (χ1n) is 4.38. The van der Waals surface area contributed by atoms with Gasteiger partial charge in [0.25, 0.3) is 0 Å². The molecule has 0 saturated heterocycles. The first kappa shape index (κ1) is 9.85. The molecule has 2 aromatic rings. The van der Waals surface area contributed by atoms with Crippen molar-refractivity contribution in [3.8, 4) is 5.88 Å². The maximum atomic E-state index is 5.13. The standard InChI is InChI=1S/C9H10N4OS/c1-14-8-7(3-2-4-10-8)5-11-9-13-12-6-15-9/h2-4,6H,5H2,1H3,(H,11,13). The van der Waals surface area contributed by atoms with Crippen molar-refractivity contribution in [1.29, 1.82) is 0 Å². The molecular formula is C9H10N4OS. The van der Waals surface area contributed by atoms with Crippen LogP contribution >= 0.6 is 11.3 Å². The van der Waals surface area contributed by atoms with Gasteiger partial charge in [-0.05, 0) is 6.07 Å². The van der Waals surface area contributed by atoms with E-state index < -0.39 is 0 Å². The topological polar surface area (TPSA) is 59.9 Å². The van der Waals surface area contributed by atoms with Crippen LogP contribution in [0.5, 0.6) is 5.88 Å². The van der Waals surface area contributed by atoms with Gasteiger partial charge in [-0.15, -0.1) is 10.2 Å². The van der Waals surface area contributed by atoms with Crippen LogP contribution in [0.2, 0.25) is 0 Å². The average molecular weight is 222 g/mol. The Labute approximate surface area is 91.1 Å². The predicted octanol–water partition coefficient (Wildman–Crippen LogP) is 1.55. The van der Waals surface area contributed by atoms with Gasteiger partial charge in [0.1, 0.15) is 5.51 Å². The Morgan fingerprint density at radius 3 is 3.20 bits per heavy atom. The van der Waals surface area contributed by atoms with Gasteiger partial charge < -0.3 is 10.1 Å². The first-order chi connectivity index (χ1) is 7.40. The second kappa shape index (κ2) is 4.70. The van der Waals surface area contributed by atoms with Crippen LogP contribution in [0.1, 0.15) is 5.56 Å². The molecule has 0 amide bonds. The van der Waals surface area contributed by atoms with E-state index in [2.05, 4.69) is 20.5 Å². The molecule has 0 aliphatic heterocycles. The summed E-state index contributed by atoms with van der Waals surface area (Å²) < 4.78 is 5.13. The molecule has 0 atom stereocenters. The summed E-state index contributed by atoms with van der Waals surface area (Å²) in [6.45, 7) is 0.631. The maximum absolute atomic E-state index is 5.13. The average Bonchev–Trinajstić information content (AvgIpc) is 2.79. The van der Waals surface area contributed by atoms with Gasteiger partial charge >= 0.3 is 0 Å². The van der Waals surface area contributed by atoms with Crippen molar-refractivity contribution in [3.05, 3.63) is 29.4 Å². The molecule has 0 fully saturated rings. The number of hydrogen-bond acceptors (Lipinski definition) is 6. The molecular weight excluding hydrogens is 212 g/mol. The number of rotatable bonds is 4. The number of nitrogens with one attached hydrogen (secondary N) is 1. The molecule has 2 rings (SSSR count). The highest BCUT2D eigenvalue weighted by Crippen LogP contribution is 2.16. The van der Waals surface area contributed by atoms with Crippen LogP contribution in [-0.2, 0) is 6.54 Å². The molecule has 0 saturated carbocycles. The molecule has 15 heavy (non-hydrogen) atoms. The molecule has 78 valence electrons. The summed E-state index contributed by atoms with van der Waals surface area (Å²) in [7, 11) is 1.61. The second-order valence-electron chi connectivity index (χ2n) is 2.77. The smallest absolute Gasteiger partial charge is 0.218 e. The normalized spacial score (nSPS) is 9.93. The summed E-state index contributed by atoms with van der Waals surface area (Å²) in [4.78, 5) is 4.10. The van der Waals surface area contributed by atoms with Crippen molar-refractivity contribution in [3.63, 3.8) is 0 Å². The van der Waals surface area contributed by atoms with Crippen molar-refractivity contribution >= 4 is 16.5 Å². The van der Waals surface area contributed by atoms with Crippen LogP contribution in [0, 0.1) is 0 Å². The molecule has 2 aromatic heterocycles. The Morgan fingerprint density at radius 1 is 1.53 bits per heavy atom. The number of aromatic nitrogens is 3. The Morgan fingerprint density at radius 2 is 2.47 bits per heavy atom. The highest BCUT2D eigenvalue weighted by atomic mass is 32.1. The van der Waals surface area contributed by atoms with Gasteiger partial charge in [0.05, 0.1) is 7.11 Å². The van der Waals surface area contributed by atoms with E-state index >= 15 is 0 Å². The van der Waals surface area contributed by atoms with E-state index in [1.165, 1.54) is 11.3 Å². The van der Waals surface area contributed by atoms with E-state index in [4.69, 9.17) is 4.74 Å². The third-order valence-corrected chi connectivity index (χ3v) is 2.48. The van der Waals surface area contributed by atoms with E-state index in [1.807, 2.05) is 12.1 Å². The third kappa shape index (κ3) is 2.41. The molecule has 1 N–H and O–H groups in total. The fourth-order valence-electron chi connectivity index (χ4n) is 1.16. The molecule has 0 aliphatic rings. The summed E-state index contributed by atoms with van der Waals surface area (Å²) in [5, 5.41) is 11.6. The minimum atomic E-state index is 0.631. The molecule has 0 bridgehead atoms. The lowest BCUT2D eigenvalue weighted by Gasteiger charge is -2.06. The lowest BCUT2D eigenvalue weighted by Crippen LogP contribution is -2.02. The van der Waals surface area contributed by atoms with Crippen LogP contribution < -0.4 is 10.1 Å². The maximum Gasteiger partial charge on any atom is 0.218 e. The Hall–Kier alpha value is -1.69. The summed E-state index contributed by atoms with van der Waals surface area (Å²) in [6, 6.07) is 3.83. The Balaban J connectivity index is 2.04. The van der Waals surface area contributed by atoms with E-state index in [9.17, 15) is 0 Å². The SMILES string of the molecule is COc1ncccc1CNc1nncs1. The van der Waals surface area contributed by atoms with Crippen molar-refractivity contribution in [2.75, 3.05) is 12.4 Å². The zero-order valence-corrected chi connectivity index (χ0v) is 8.99. The molecule has 0 unspecified atom stereocenters. The van der Waals surface area contributed by atoms with Crippen LogP contribution in [0.25, 0.3) is 0 Å². The van der Waals surface area contributed by atoms with Gasteiger partial charge in [-0.1, -0.05) is 17.4 Å². The fraction of sp³-hybridized carbons (Fsp3) is 0.222. The van der Waals surface area contributed by atoms with E-state index in [0.29, 0.717) is 12.4 Å². The van der Waals surface area contributed by atoms with Crippen molar-refractivity contribution in [2.24, 2.45) is 0 Å². The Bertz CT molecular complexity index is 418. The monoisotopic (exact) mass is 222 g/mol. The zero-order chi connectivity index (χ0) is 10.5. The number of pyridine rings is 1. The van der Waals surface area contributed by atoms with Gasteiger partial charge in [-0.25, -0.2) is 4.98 Å². The molecule has 0 aromatic carbocycles. The molecule has 0 radical (unpaired) electrons. The minimum absolute atomic E-state index is 0.631. The number of methoxy groups -OCH3 is 1.